The molecule has 2 aromatic carbocycles. The third kappa shape index (κ3) is 4.00. The molecule has 0 unspecified atom stereocenters. The second-order valence-electron chi connectivity index (χ2n) is 5.56. The molecule has 2 aromatic rings. The molecule has 5 nitrogen and oxygen atoms in total. The number of carbonyl (C=O) groups is 1. The highest BCUT2D eigenvalue weighted by Crippen LogP contribution is 2.37. The Labute approximate surface area is 160 Å². The number of rotatable bonds is 5. The number of benzene rings is 2. The molecule has 0 aliphatic carbocycles. The standard InChI is InChI=1S/C19H15Cl2NO4/c1-11-15(19(23)26-22-11)7-13-8-16(21)18(17(9-13)24-2)25-10-12-3-5-14(20)6-4-12/h3-9H,10H2,1-2H3/b15-7+. The van der Waals surface area contributed by atoms with Crippen LogP contribution in [0.3, 0.4) is 0 Å². The van der Waals surface area contributed by atoms with Crippen LogP contribution in [0.25, 0.3) is 6.08 Å². The number of hydrogen-bond donors (Lipinski definition) is 0. The summed E-state index contributed by atoms with van der Waals surface area (Å²) < 4.78 is 11.2. The summed E-state index contributed by atoms with van der Waals surface area (Å²) in [6.07, 6.45) is 1.64. The van der Waals surface area contributed by atoms with Gasteiger partial charge in [0.2, 0.25) is 0 Å². The van der Waals surface area contributed by atoms with Gasteiger partial charge in [-0.2, -0.15) is 0 Å². The summed E-state index contributed by atoms with van der Waals surface area (Å²) in [5.74, 6) is 0.380. The Kier molecular flexibility index (Phi) is 5.49. The van der Waals surface area contributed by atoms with Crippen LogP contribution in [0.5, 0.6) is 11.5 Å². The van der Waals surface area contributed by atoms with Gasteiger partial charge in [0.15, 0.2) is 11.5 Å². The molecule has 0 radical (unpaired) electrons. The smallest absolute Gasteiger partial charge is 0.367 e. The van der Waals surface area contributed by atoms with Crippen molar-refractivity contribution in [2.45, 2.75) is 13.5 Å². The minimum Gasteiger partial charge on any atom is -0.493 e. The summed E-state index contributed by atoms with van der Waals surface area (Å²) in [5.41, 5.74) is 2.50. The minimum absolute atomic E-state index is 0.311. The molecule has 0 aromatic heterocycles. The SMILES string of the molecule is COc1cc(/C=C2/C(=O)ON=C2C)cc(Cl)c1OCc1ccc(Cl)cc1. The molecule has 0 N–H and O–H groups in total. The molecule has 0 bridgehead atoms. The van der Waals surface area contributed by atoms with Gasteiger partial charge < -0.3 is 14.3 Å². The van der Waals surface area contributed by atoms with Crippen molar-refractivity contribution in [1.29, 1.82) is 0 Å². The molecule has 3 rings (SSSR count). The van der Waals surface area contributed by atoms with Gasteiger partial charge in [-0.15, -0.1) is 0 Å². The fourth-order valence-corrected chi connectivity index (χ4v) is 2.78. The maximum Gasteiger partial charge on any atom is 0.367 e. The van der Waals surface area contributed by atoms with Crippen molar-refractivity contribution in [2.24, 2.45) is 5.16 Å². The van der Waals surface area contributed by atoms with Crippen LogP contribution >= 0.6 is 23.2 Å². The van der Waals surface area contributed by atoms with E-state index in [1.165, 1.54) is 7.11 Å². The summed E-state index contributed by atoms with van der Waals surface area (Å²) in [4.78, 5) is 16.3. The molecule has 1 aliphatic heterocycles. The second-order valence-corrected chi connectivity index (χ2v) is 6.41. The van der Waals surface area contributed by atoms with Crippen molar-refractivity contribution < 1.29 is 19.1 Å². The third-order valence-electron chi connectivity index (χ3n) is 3.73. The van der Waals surface area contributed by atoms with E-state index >= 15 is 0 Å². The van der Waals surface area contributed by atoms with Gasteiger partial charge in [0.1, 0.15) is 6.61 Å². The van der Waals surface area contributed by atoms with E-state index in [-0.39, 0.29) is 0 Å². The van der Waals surface area contributed by atoms with E-state index in [9.17, 15) is 4.79 Å². The Morgan fingerprint density at radius 2 is 1.92 bits per heavy atom. The first-order valence-electron chi connectivity index (χ1n) is 7.70. The number of nitrogens with zero attached hydrogens (tertiary/aromatic N) is 1. The van der Waals surface area contributed by atoms with Gasteiger partial charge in [-0.05, 0) is 48.4 Å². The normalized spacial score (nSPS) is 15.0. The van der Waals surface area contributed by atoms with Gasteiger partial charge in [0, 0.05) is 5.02 Å². The lowest BCUT2D eigenvalue weighted by atomic mass is 10.1. The fourth-order valence-electron chi connectivity index (χ4n) is 2.39. The molecule has 0 saturated heterocycles. The van der Waals surface area contributed by atoms with E-state index in [2.05, 4.69) is 9.99 Å². The first kappa shape index (κ1) is 18.3. The van der Waals surface area contributed by atoms with Crippen molar-refractivity contribution in [3.8, 4) is 11.5 Å². The topological polar surface area (TPSA) is 57.1 Å². The van der Waals surface area contributed by atoms with Gasteiger partial charge in [0.05, 0.1) is 23.4 Å². The van der Waals surface area contributed by atoms with Crippen LogP contribution in [0.1, 0.15) is 18.1 Å². The second kappa shape index (κ2) is 7.81. The predicted molar refractivity (Wildman–Crippen MR) is 101 cm³/mol. The van der Waals surface area contributed by atoms with E-state index in [1.807, 2.05) is 12.1 Å². The quantitative estimate of drug-likeness (QED) is 0.537. The molecule has 26 heavy (non-hydrogen) atoms. The molecule has 7 heteroatoms. The Hall–Kier alpha value is -2.50. The molecule has 1 heterocycles. The highest BCUT2D eigenvalue weighted by atomic mass is 35.5. The minimum atomic E-state index is -0.499. The maximum atomic E-state index is 11.7. The summed E-state index contributed by atoms with van der Waals surface area (Å²) in [7, 11) is 1.52. The van der Waals surface area contributed by atoms with Crippen LogP contribution in [0, 0.1) is 0 Å². The zero-order chi connectivity index (χ0) is 18.7. The summed E-state index contributed by atoms with van der Waals surface area (Å²) in [6.45, 7) is 2.00. The van der Waals surface area contributed by atoms with E-state index < -0.39 is 5.97 Å². The number of methoxy groups -OCH3 is 1. The van der Waals surface area contributed by atoms with Crippen molar-refractivity contribution in [3.63, 3.8) is 0 Å². The van der Waals surface area contributed by atoms with Crippen molar-refractivity contribution in [1.82, 2.24) is 0 Å². The summed E-state index contributed by atoms with van der Waals surface area (Å²) >= 11 is 12.2. The first-order valence-corrected chi connectivity index (χ1v) is 8.46. The van der Waals surface area contributed by atoms with E-state index in [0.717, 1.165) is 5.56 Å². The largest absolute Gasteiger partial charge is 0.493 e. The summed E-state index contributed by atoms with van der Waals surface area (Å²) in [6, 6.07) is 10.7. The van der Waals surface area contributed by atoms with Gasteiger partial charge in [0.25, 0.3) is 0 Å². The monoisotopic (exact) mass is 391 g/mol. The molecule has 0 fully saturated rings. The number of hydrogen-bond acceptors (Lipinski definition) is 5. The molecule has 0 amide bonds. The predicted octanol–water partition coefficient (Wildman–Crippen LogP) is 4.90. The first-order chi connectivity index (χ1) is 12.5. The van der Waals surface area contributed by atoms with Crippen molar-refractivity contribution in [2.75, 3.05) is 7.11 Å². The van der Waals surface area contributed by atoms with Gasteiger partial charge in [-0.3, -0.25) is 0 Å². The van der Waals surface area contributed by atoms with Gasteiger partial charge >= 0.3 is 5.97 Å². The number of halogens is 2. The Morgan fingerprint density at radius 1 is 1.19 bits per heavy atom. The highest BCUT2D eigenvalue weighted by molar-refractivity contribution is 6.32. The average molecular weight is 392 g/mol. The van der Waals surface area contributed by atoms with E-state index in [4.69, 9.17) is 32.7 Å². The maximum absolute atomic E-state index is 11.7. The van der Waals surface area contributed by atoms with E-state index in [1.54, 1.807) is 37.3 Å². The molecule has 0 atom stereocenters. The van der Waals surface area contributed by atoms with Crippen LogP contribution in [0.4, 0.5) is 0 Å². The van der Waals surface area contributed by atoms with Gasteiger partial charge in [-0.1, -0.05) is 40.5 Å². The summed E-state index contributed by atoms with van der Waals surface area (Å²) in [5, 5.41) is 4.67. The number of ether oxygens (including phenoxy) is 2. The lowest BCUT2D eigenvalue weighted by Gasteiger charge is -2.13. The van der Waals surface area contributed by atoms with Crippen molar-refractivity contribution >= 4 is 41.0 Å². The molecule has 0 saturated carbocycles. The van der Waals surface area contributed by atoms with Crippen LogP contribution < -0.4 is 9.47 Å². The number of oxime groups is 1. The number of carbonyl (C=O) groups excluding carboxylic acids is 1. The fraction of sp³-hybridized carbons (Fsp3) is 0.158. The van der Waals surface area contributed by atoms with Crippen molar-refractivity contribution in [3.05, 3.63) is 63.1 Å². The zero-order valence-corrected chi connectivity index (χ0v) is 15.6. The molecule has 134 valence electrons. The highest BCUT2D eigenvalue weighted by Gasteiger charge is 2.22. The third-order valence-corrected chi connectivity index (χ3v) is 4.27. The molecular weight excluding hydrogens is 377 g/mol. The molecule has 0 spiro atoms. The lowest BCUT2D eigenvalue weighted by Crippen LogP contribution is -2.02. The van der Waals surface area contributed by atoms with Crippen LogP contribution in [-0.4, -0.2) is 18.8 Å². The average Bonchev–Trinajstić information content (AvgIpc) is 2.94. The lowest BCUT2D eigenvalue weighted by molar-refractivity contribution is -0.136. The zero-order valence-electron chi connectivity index (χ0n) is 14.1. The Balaban J connectivity index is 1.85. The van der Waals surface area contributed by atoms with Gasteiger partial charge in [-0.25, -0.2) is 4.79 Å². The van der Waals surface area contributed by atoms with Crippen LogP contribution in [0.2, 0.25) is 10.0 Å². The van der Waals surface area contributed by atoms with Crippen LogP contribution in [-0.2, 0) is 16.2 Å². The Bertz CT molecular complexity index is 905. The molecular formula is C19H15Cl2NO4. The molecule has 1 aliphatic rings. The van der Waals surface area contributed by atoms with E-state index in [0.29, 0.717) is 45.0 Å². The Morgan fingerprint density at radius 3 is 2.54 bits per heavy atom. The van der Waals surface area contributed by atoms with Crippen LogP contribution in [0.15, 0.2) is 47.1 Å².